The molecule has 1 aliphatic rings. The zero-order valence-corrected chi connectivity index (χ0v) is 15.4. The second-order valence-electron chi connectivity index (χ2n) is 6.60. The maximum absolute atomic E-state index is 13.9. The summed E-state index contributed by atoms with van der Waals surface area (Å²) in [5.74, 6) is 2.01. The molecule has 0 fully saturated rings. The van der Waals surface area contributed by atoms with Gasteiger partial charge in [-0.05, 0) is 59.4 Å². The first kappa shape index (κ1) is 17.4. The second kappa shape index (κ2) is 7.31. The molecule has 0 bridgehead atoms. The number of hydrogen-bond acceptors (Lipinski definition) is 3. The van der Waals surface area contributed by atoms with Gasteiger partial charge >= 0.3 is 0 Å². The number of benzene rings is 3. The summed E-state index contributed by atoms with van der Waals surface area (Å²) in [6.07, 6.45) is 0.877. The van der Waals surface area contributed by atoms with Crippen molar-refractivity contribution in [3.63, 3.8) is 0 Å². The quantitative estimate of drug-likeness (QED) is 0.584. The van der Waals surface area contributed by atoms with Crippen LogP contribution in [0.1, 0.15) is 23.6 Å². The zero-order valence-electron chi connectivity index (χ0n) is 15.4. The number of halogens is 1. The fraction of sp³-hybridized carbons (Fsp3) is 0.217. The molecule has 3 aromatic carbocycles. The maximum Gasteiger partial charge on any atom is 0.231 e. The molecule has 4 heteroatoms. The molecule has 3 aromatic rings. The standard InChI is InChI=1S/C23H21FO3/c1-3-16-10-17(18-5-4-15(2)21(24)11-18)6-7-19(16)13-25-20-8-9-22-23(12-20)27-14-26-22/h4-12H,3,13-14H2,1-2H3. The summed E-state index contributed by atoms with van der Waals surface area (Å²) in [7, 11) is 0. The Morgan fingerprint density at radius 2 is 1.67 bits per heavy atom. The molecular weight excluding hydrogens is 343 g/mol. The molecule has 138 valence electrons. The lowest BCUT2D eigenvalue weighted by Gasteiger charge is -2.13. The summed E-state index contributed by atoms with van der Waals surface area (Å²) in [5.41, 5.74) is 4.86. The van der Waals surface area contributed by atoms with Gasteiger partial charge in [0.05, 0.1) is 0 Å². The number of ether oxygens (including phenoxy) is 3. The highest BCUT2D eigenvalue weighted by Crippen LogP contribution is 2.35. The monoisotopic (exact) mass is 364 g/mol. The summed E-state index contributed by atoms with van der Waals surface area (Å²) in [6.45, 7) is 4.59. The van der Waals surface area contributed by atoms with E-state index in [0.29, 0.717) is 17.9 Å². The first-order valence-electron chi connectivity index (χ1n) is 9.05. The first-order valence-corrected chi connectivity index (χ1v) is 9.05. The average Bonchev–Trinajstić information content (AvgIpc) is 3.16. The van der Waals surface area contributed by atoms with Crippen LogP contribution in [0.25, 0.3) is 11.1 Å². The van der Waals surface area contributed by atoms with Gasteiger partial charge in [-0.1, -0.05) is 37.3 Å². The predicted molar refractivity (Wildman–Crippen MR) is 103 cm³/mol. The molecule has 4 rings (SSSR count). The van der Waals surface area contributed by atoms with E-state index in [1.165, 1.54) is 5.56 Å². The van der Waals surface area contributed by atoms with Crippen LogP contribution in [0.2, 0.25) is 0 Å². The molecule has 0 N–H and O–H groups in total. The Bertz CT molecular complexity index is 981. The van der Waals surface area contributed by atoms with Gasteiger partial charge in [0.15, 0.2) is 11.5 Å². The minimum Gasteiger partial charge on any atom is -0.489 e. The van der Waals surface area contributed by atoms with Crippen LogP contribution < -0.4 is 14.2 Å². The van der Waals surface area contributed by atoms with Gasteiger partial charge < -0.3 is 14.2 Å². The molecule has 0 spiro atoms. The van der Waals surface area contributed by atoms with Crippen LogP contribution in [0.15, 0.2) is 54.6 Å². The molecule has 3 nitrogen and oxygen atoms in total. The molecule has 0 saturated heterocycles. The van der Waals surface area contributed by atoms with Crippen molar-refractivity contribution in [3.8, 4) is 28.4 Å². The number of aryl methyl sites for hydroxylation is 2. The number of fused-ring (bicyclic) bond motifs is 1. The van der Waals surface area contributed by atoms with Gasteiger partial charge in [0.25, 0.3) is 0 Å². The van der Waals surface area contributed by atoms with E-state index in [9.17, 15) is 4.39 Å². The Labute approximate surface area is 158 Å². The van der Waals surface area contributed by atoms with Gasteiger partial charge in [0.2, 0.25) is 6.79 Å². The minimum atomic E-state index is -0.180. The lowest BCUT2D eigenvalue weighted by Crippen LogP contribution is -2.00. The molecule has 0 aliphatic carbocycles. The summed E-state index contributed by atoms with van der Waals surface area (Å²) in [4.78, 5) is 0. The Balaban J connectivity index is 1.53. The van der Waals surface area contributed by atoms with Gasteiger partial charge in [-0.2, -0.15) is 0 Å². The summed E-state index contributed by atoms with van der Waals surface area (Å²) < 4.78 is 30.5. The van der Waals surface area contributed by atoms with Crippen molar-refractivity contribution < 1.29 is 18.6 Å². The molecule has 27 heavy (non-hydrogen) atoms. The molecule has 0 atom stereocenters. The summed E-state index contributed by atoms with van der Waals surface area (Å²) in [5, 5.41) is 0. The predicted octanol–water partition coefficient (Wildman–Crippen LogP) is 5.67. The van der Waals surface area contributed by atoms with E-state index in [0.717, 1.165) is 34.6 Å². The summed E-state index contributed by atoms with van der Waals surface area (Å²) >= 11 is 0. The molecule has 1 heterocycles. The van der Waals surface area contributed by atoms with Crippen molar-refractivity contribution in [2.45, 2.75) is 26.9 Å². The third kappa shape index (κ3) is 3.61. The topological polar surface area (TPSA) is 27.7 Å². The Kier molecular flexibility index (Phi) is 4.71. The van der Waals surface area contributed by atoms with Gasteiger partial charge in [-0.3, -0.25) is 0 Å². The van der Waals surface area contributed by atoms with Crippen molar-refractivity contribution in [3.05, 3.63) is 77.1 Å². The van der Waals surface area contributed by atoms with E-state index in [4.69, 9.17) is 14.2 Å². The van der Waals surface area contributed by atoms with E-state index in [2.05, 4.69) is 19.1 Å². The number of hydrogen-bond donors (Lipinski definition) is 0. The lowest BCUT2D eigenvalue weighted by molar-refractivity contribution is 0.173. The van der Waals surface area contributed by atoms with E-state index < -0.39 is 0 Å². The first-order chi connectivity index (χ1) is 13.1. The van der Waals surface area contributed by atoms with Crippen LogP contribution >= 0.6 is 0 Å². The molecule has 0 aromatic heterocycles. The fourth-order valence-corrected chi connectivity index (χ4v) is 3.18. The van der Waals surface area contributed by atoms with Crippen LogP contribution in [-0.2, 0) is 13.0 Å². The van der Waals surface area contributed by atoms with Crippen LogP contribution in [0, 0.1) is 12.7 Å². The van der Waals surface area contributed by atoms with Gasteiger partial charge in [-0.15, -0.1) is 0 Å². The van der Waals surface area contributed by atoms with Crippen molar-refractivity contribution in [2.24, 2.45) is 0 Å². The van der Waals surface area contributed by atoms with Crippen molar-refractivity contribution >= 4 is 0 Å². The van der Waals surface area contributed by atoms with Crippen molar-refractivity contribution in [2.75, 3.05) is 6.79 Å². The molecular formula is C23H21FO3. The van der Waals surface area contributed by atoms with Gasteiger partial charge in [0.1, 0.15) is 18.2 Å². The van der Waals surface area contributed by atoms with Crippen LogP contribution in [0.4, 0.5) is 4.39 Å². The van der Waals surface area contributed by atoms with E-state index in [-0.39, 0.29) is 12.6 Å². The van der Waals surface area contributed by atoms with E-state index in [1.807, 2.05) is 36.4 Å². The molecule has 0 saturated carbocycles. The van der Waals surface area contributed by atoms with Crippen LogP contribution in [-0.4, -0.2) is 6.79 Å². The second-order valence-corrected chi connectivity index (χ2v) is 6.60. The molecule has 0 radical (unpaired) electrons. The van der Waals surface area contributed by atoms with E-state index >= 15 is 0 Å². The smallest absolute Gasteiger partial charge is 0.231 e. The highest BCUT2D eigenvalue weighted by Gasteiger charge is 2.14. The largest absolute Gasteiger partial charge is 0.489 e. The Morgan fingerprint density at radius 3 is 2.48 bits per heavy atom. The third-order valence-electron chi connectivity index (χ3n) is 4.83. The average molecular weight is 364 g/mol. The normalized spacial score (nSPS) is 12.3. The van der Waals surface area contributed by atoms with Crippen molar-refractivity contribution in [1.82, 2.24) is 0 Å². The Morgan fingerprint density at radius 1 is 0.889 bits per heavy atom. The van der Waals surface area contributed by atoms with Gasteiger partial charge in [0, 0.05) is 6.07 Å². The maximum atomic E-state index is 13.9. The fourth-order valence-electron chi connectivity index (χ4n) is 3.18. The lowest BCUT2D eigenvalue weighted by atomic mass is 9.97. The SMILES string of the molecule is CCc1cc(-c2ccc(C)c(F)c2)ccc1COc1ccc2c(c1)OCO2. The molecule has 1 aliphatic heterocycles. The number of rotatable bonds is 5. The highest BCUT2D eigenvalue weighted by molar-refractivity contribution is 5.65. The van der Waals surface area contributed by atoms with Crippen LogP contribution in [0.3, 0.4) is 0 Å². The third-order valence-corrected chi connectivity index (χ3v) is 4.83. The van der Waals surface area contributed by atoms with Crippen molar-refractivity contribution in [1.29, 1.82) is 0 Å². The Hall–Kier alpha value is -3.01. The minimum absolute atomic E-state index is 0.180. The molecule has 0 unspecified atom stereocenters. The highest BCUT2D eigenvalue weighted by atomic mass is 19.1. The van der Waals surface area contributed by atoms with Gasteiger partial charge in [-0.25, -0.2) is 4.39 Å². The zero-order chi connectivity index (χ0) is 18.8. The van der Waals surface area contributed by atoms with Crippen LogP contribution in [0.5, 0.6) is 17.2 Å². The summed E-state index contributed by atoms with van der Waals surface area (Å²) in [6, 6.07) is 17.1. The molecule has 0 amide bonds. The van der Waals surface area contributed by atoms with E-state index in [1.54, 1.807) is 13.0 Å².